The van der Waals surface area contributed by atoms with E-state index >= 15 is 0 Å². The highest BCUT2D eigenvalue weighted by Gasteiger charge is 2.18. The van der Waals surface area contributed by atoms with Gasteiger partial charge in [-0.05, 0) is 35.9 Å². The van der Waals surface area contributed by atoms with E-state index in [2.05, 4.69) is 26.3 Å². The van der Waals surface area contributed by atoms with Gasteiger partial charge in [0.2, 0.25) is 0 Å². The van der Waals surface area contributed by atoms with Crippen molar-refractivity contribution in [2.24, 2.45) is 0 Å². The topological polar surface area (TPSA) is 98.4 Å². The fourth-order valence-corrected chi connectivity index (χ4v) is 3.59. The normalized spacial score (nSPS) is 12.1. The molecule has 4 rings (SSSR count). The Bertz CT molecular complexity index is 1280. The quantitative estimate of drug-likeness (QED) is 0.392. The second-order valence-corrected chi connectivity index (χ2v) is 8.17. The van der Waals surface area contributed by atoms with Crippen LogP contribution in [0.1, 0.15) is 11.1 Å². The van der Waals surface area contributed by atoms with Gasteiger partial charge in [0.1, 0.15) is 11.6 Å². The molecule has 0 radical (unpaired) electrons. The summed E-state index contributed by atoms with van der Waals surface area (Å²) in [6, 6.07) is 12.4. The van der Waals surface area contributed by atoms with Crippen LogP contribution in [0, 0.1) is 5.82 Å². The number of amides is 4. The van der Waals surface area contributed by atoms with Crippen molar-refractivity contribution in [1.29, 1.82) is 0 Å². The van der Waals surface area contributed by atoms with Gasteiger partial charge < -0.3 is 20.9 Å². The molecule has 0 spiro atoms. The first kappa shape index (κ1) is 23.1. The number of fused-ring (bicyclic) bond motifs is 1. The van der Waals surface area contributed by atoms with Crippen LogP contribution in [0.4, 0.5) is 36.9 Å². The largest absolute Gasteiger partial charge is 0.380 e. The van der Waals surface area contributed by atoms with E-state index < -0.39 is 11.8 Å². The highest BCUT2D eigenvalue weighted by molar-refractivity contribution is 6.32. The van der Waals surface area contributed by atoms with Gasteiger partial charge in [-0.25, -0.2) is 19.0 Å². The Hall–Kier alpha value is -4.11. The molecule has 174 valence electrons. The minimum Gasteiger partial charge on any atom is -0.380 e. The molecule has 0 unspecified atom stereocenters. The monoisotopic (exact) mass is 480 g/mol. The molecule has 2 heterocycles. The molecule has 4 N–H and O–H groups in total. The van der Waals surface area contributed by atoms with Crippen LogP contribution in [0.3, 0.4) is 0 Å². The van der Waals surface area contributed by atoms with Crippen molar-refractivity contribution in [3.05, 3.63) is 76.7 Å². The van der Waals surface area contributed by atoms with Crippen LogP contribution in [-0.2, 0) is 0 Å². The first-order valence-electron chi connectivity index (χ1n) is 10.4. The number of urea groups is 2. The maximum atomic E-state index is 14.5. The Morgan fingerprint density at radius 2 is 1.85 bits per heavy atom. The van der Waals surface area contributed by atoms with Crippen LogP contribution in [0.15, 0.2) is 54.7 Å². The van der Waals surface area contributed by atoms with Crippen LogP contribution >= 0.6 is 11.6 Å². The van der Waals surface area contributed by atoms with E-state index in [-0.39, 0.29) is 16.7 Å². The minimum absolute atomic E-state index is 0.000557. The molecule has 1 aliphatic heterocycles. The van der Waals surface area contributed by atoms with Crippen molar-refractivity contribution in [2.75, 3.05) is 41.9 Å². The third-order valence-corrected chi connectivity index (χ3v) is 5.37. The summed E-state index contributed by atoms with van der Waals surface area (Å²) in [6.45, 7) is 0.402. The number of carbonyl (C=O) groups is 2. The molecular formula is C24H22ClFN6O2. The number of benzene rings is 2. The first-order chi connectivity index (χ1) is 16.3. The Morgan fingerprint density at radius 3 is 2.59 bits per heavy atom. The SMILES string of the molecule is CN(C)C(=O)Nc1cc2c(cn1)C=C(c1cc(NC(=O)Nc3ccccc3)c(F)cc1Cl)CN2. The molecule has 4 amide bonds. The molecular weight excluding hydrogens is 459 g/mol. The lowest BCUT2D eigenvalue weighted by Gasteiger charge is -2.21. The van der Waals surface area contributed by atoms with E-state index in [1.165, 1.54) is 17.0 Å². The summed E-state index contributed by atoms with van der Waals surface area (Å²) in [7, 11) is 3.28. The average molecular weight is 481 g/mol. The second-order valence-electron chi connectivity index (χ2n) is 7.76. The summed E-state index contributed by atoms with van der Waals surface area (Å²) in [4.78, 5) is 29.9. The summed E-state index contributed by atoms with van der Waals surface area (Å²) >= 11 is 6.34. The lowest BCUT2D eigenvalue weighted by molar-refractivity contribution is 0.230. The van der Waals surface area contributed by atoms with Gasteiger partial charge in [-0.2, -0.15) is 0 Å². The van der Waals surface area contributed by atoms with Crippen LogP contribution in [0.25, 0.3) is 11.6 Å². The molecule has 10 heteroatoms. The van der Waals surface area contributed by atoms with Gasteiger partial charge >= 0.3 is 12.1 Å². The lowest BCUT2D eigenvalue weighted by atomic mass is 9.98. The van der Waals surface area contributed by atoms with Crippen LogP contribution in [0.2, 0.25) is 5.02 Å². The highest BCUT2D eigenvalue weighted by atomic mass is 35.5. The maximum absolute atomic E-state index is 14.5. The van der Waals surface area contributed by atoms with E-state index in [1.807, 2.05) is 12.1 Å². The average Bonchev–Trinajstić information content (AvgIpc) is 2.81. The summed E-state index contributed by atoms with van der Waals surface area (Å²) in [5.41, 5.74) is 3.50. The number of aromatic nitrogens is 1. The van der Waals surface area contributed by atoms with Gasteiger partial charge in [0.25, 0.3) is 0 Å². The number of nitrogens with one attached hydrogen (secondary N) is 4. The number of rotatable bonds is 4. The number of pyridine rings is 1. The summed E-state index contributed by atoms with van der Waals surface area (Å²) in [5.74, 6) is -0.234. The molecule has 1 aliphatic rings. The van der Waals surface area contributed by atoms with E-state index in [4.69, 9.17) is 11.6 Å². The first-order valence-corrected chi connectivity index (χ1v) is 10.7. The zero-order valence-corrected chi connectivity index (χ0v) is 19.2. The van der Waals surface area contributed by atoms with Crippen molar-refractivity contribution >= 4 is 58.2 Å². The number of carbonyl (C=O) groups excluding carboxylic acids is 2. The number of anilines is 4. The lowest BCUT2D eigenvalue weighted by Crippen LogP contribution is -2.27. The third kappa shape index (κ3) is 5.26. The zero-order chi connectivity index (χ0) is 24.2. The van der Waals surface area contributed by atoms with Crippen molar-refractivity contribution in [2.45, 2.75) is 0 Å². The molecule has 0 fully saturated rings. The highest BCUT2D eigenvalue weighted by Crippen LogP contribution is 2.35. The minimum atomic E-state index is -0.648. The van der Waals surface area contributed by atoms with Gasteiger partial charge in [0.05, 0.1) is 10.7 Å². The molecule has 0 saturated heterocycles. The molecule has 3 aromatic rings. The molecule has 1 aromatic heterocycles. The Morgan fingerprint density at radius 1 is 1.09 bits per heavy atom. The molecule has 2 aromatic carbocycles. The molecule has 0 aliphatic carbocycles. The van der Waals surface area contributed by atoms with E-state index in [1.54, 1.807) is 50.6 Å². The number of halogens is 2. The fourth-order valence-electron chi connectivity index (χ4n) is 3.32. The van der Waals surface area contributed by atoms with Crippen LogP contribution < -0.4 is 21.3 Å². The number of hydrogen-bond donors (Lipinski definition) is 4. The number of hydrogen-bond acceptors (Lipinski definition) is 4. The molecule has 8 nitrogen and oxygen atoms in total. The van der Waals surface area contributed by atoms with E-state index in [0.717, 1.165) is 16.8 Å². The molecule has 0 bridgehead atoms. The van der Waals surface area contributed by atoms with Crippen molar-refractivity contribution in [1.82, 2.24) is 9.88 Å². The second kappa shape index (κ2) is 9.80. The Labute approximate surface area is 200 Å². The number of para-hydroxylation sites is 1. The summed E-state index contributed by atoms with van der Waals surface area (Å²) < 4.78 is 14.5. The summed E-state index contributed by atoms with van der Waals surface area (Å²) in [6.07, 6.45) is 3.50. The van der Waals surface area contributed by atoms with Crippen molar-refractivity contribution < 1.29 is 14.0 Å². The molecule has 0 saturated carbocycles. The molecule has 0 atom stereocenters. The smallest absolute Gasteiger partial charge is 0.323 e. The number of nitrogens with zero attached hydrogens (tertiary/aromatic N) is 2. The van der Waals surface area contributed by atoms with E-state index in [9.17, 15) is 14.0 Å². The van der Waals surface area contributed by atoms with E-state index in [0.29, 0.717) is 23.6 Å². The molecule has 34 heavy (non-hydrogen) atoms. The Kier molecular flexibility index (Phi) is 6.65. The van der Waals surface area contributed by atoms with Gasteiger partial charge in [-0.3, -0.25) is 5.32 Å². The standard InChI is InChI=1S/C24H22ClFN6O2/c1-32(2)24(34)31-22-11-20-15(13-28-22)8-14(12-27-20)17-9-21(19(26)10-18(17)25)30-23(33)29-16-6-4-3-5-7-16/h3-11,13,27H,12H2,1-2H3,(H,28,31,34)(H2,29,30,33). The predicted molar refractivity (Wildman–Crippen MR) is 134 cm³/mol. The van der Waals surface area contributed by atoms with Crippen LogP contribution in [-0.4, -0.2) is 42.6 Å². The fraction of sp³-hybridized carbons (Fsp3) is 0.125. The maximum Gasteiger partial charge on any atom is 0.323 e. The van der Waals surface area contributed by atoms with Gasteiger partial charge in [0, 0.05) is 55.4 Å². The van der Waals surface area contributed by atoms with Gasteiger partial charge in [0.15, 0.2) is 0 Å². The van der Waals surface area contributed by atoms with Crippen LogP contribution in [0.5, 0.6) is 0 Å². The predicted octanol–water partition coefficient (Wildman–Crippen LogP) is 5.58. The summed E-state index contributed by atoms with van der Waals surface area (Å²) in [5, 5.41) is 11.4. The van der Waals surface area contributed by atoms with Crippen molar-refractivity contribution in [3.8, 4) is 0 Å². The Balaban J connectivity index is 1.55. The third-order valence-electron chi connectivity index (χ3n) is 5.06. The van der Waals surface area contributed by atoms with Crippen molar-refractivity contribution in [3.63, 3.8) is 0 Å². The van der Waals surface area contributed by atoms with Gasteiger partial charge in [-0.15, -0.1) is 0 Å². The zero-order valence-electron chi connectivity index (χ0n) is 18.4. The van der Waals surface area contributed by atoms with Gasteiger partial charge in [-0.1, -0.05) is 29.8 Å².